The van der Waals surface area contributed by atoms with Crippen molar-refractivity contribution >= 4 is 11.7 Å². The standard InChI is InChI=1S/C25H28N4O2/c1-18-5-3-4-6-22(18)23-11-12-24(28-27-23)29-15-13-20(14-16-29)25(30)26-17-19-7-9-21(31-2)10-8-19/h3-12,20H,13-17H2,1-2H3,(H,26,30). The number of benzene rings is 2. The molecule has 1 aliphatic rings. The predicted molar refractivity (Wildman–Crippen MR) is 122 cm³/mol. The zero-order chi connectivity index (χ0) is 21.6. The van der Waals surface area contributed by atoms with Crippen molar-refractivity contribution in [2.45, 2.75) is 26.3 Å². The second kappa shape index (κ2) is 9.60. The van der Waals surface area contributed by atoms with Crippen molar-refractivity contribution < 1.29 is 9.53 Å². The highest BCUT2D eigenvalue weighted by atomic mass is 16.5. The summed E-state index contributed by atoms with van der Waals surface area (Å²) in [7, 11) is 1.65. The number of methoxy groups -OCH3 is 1. The van der Waals surface area contributed by atoms with E-state index in [4.69, 9.17) is 4.74 Å². The van der Waals surface area contributed by atoms with E-state index >= 15 is 0 Å². The lowest BCUT2D eigenvalue weighted by Gasteiger charge is -2.31. The van der Waals surface area contributed by atoms with Gasteiger partial charge in [-0.05, 0) is 55.2 Å². The highest BCUT2D eigenvalue weighted by Crippen LogP contribution is 2.25. The minimum atomic E-state index is 0.0358. The van der Waals surface area contributed by atoms with Crippen molar-refractivity contribution in [3.05, 3.63) is 71.8 Å². The molecule has 0 radical (unpaired) electrons. The third-order valence-electron chi connectivity index (χ3n) is 5.89. The van der Waals surface area contributed by atoms with Crippen LogP contribution in [0.25, 0.3) is 11.3 Å². The Labute approximate surface area is 183 Å². The van der Waals surface area contributed by atoms with Crippen LogP contribution >= 0.6 is 0 Å². The van der Waals surface area contributed by atoms with Crippen LogP contribution in [0.2, 0.25) is 0 Å². The third-order valence-corrected chi connectivity index (χ3v) is 5.89. The molecule has 1 N–H and O–H groups in total. The highest BCUT2D eigenvalue weighted by molar-refractivity contribution is 5.79. The Morgan fingerprint density at radius 3 is 2.42 bits per heavy atom. The van der Waals surface area contributed by atoms with Gasteiger partial charge < -0.3 is 15.0 Å². The van der Waals surface area contributed by atoms with Crippen LogP contribution in [0.4, 0.5) is 5.82 Å². The van der Waals surface area contributed by atoms with Crippen molar-refractivity contribution in [3.63, 3.8) is 0 Å². The van der Waals surface area contributed by atoms with E-state index in [0.717, 1.165) is 54.3 Å². The van der Waals surface area contributed by atoms with E-state index in [0.29, 0.717) is 6.54 Å². The number of nitrogens with zero attached hydrogens (tertiary/aromatic N) is 3. The van der Waals surface area contributed by atoms with Crippen molar-refractivity contribution in [1.29, 1.82) is 0 Å². The van der Waals surface area contributed by atoms with Gasteiger partial charge in [0.05, 0.1) is 12.8 Å². The van der Waals surface area contributed by atoms with Crippen molar-refractivity contribution in [1.82, 2.24) is 15.5 Å². The molecule has 4 rings (SSSR count). The maximum atomic E-state index is 12.6. The SMILES string of the molecule is COc1ccc(CNC(=O)C2CCN(c3ccc(-c4ccccc4C)nn3)CC2)cc1. The zero-order valence-electron chi connectivity index (χ0n) is 18.0. The Hall–Kier alpha value is -3.41. The number of amides is 1. The number of piperidine rings is 1. The fourth-order valence-corrected chi connectivity index (χ4v) is 3.95. The number of nitrogens with one attached hydrogen (secondary N) is 1. The summed E-state index contributed by atoms with van der Waals surface area (Å²) >= 11 is 0. The van der Waals surface area contributed by atoms with Crippen LogP contribution in [0.3, 0.4) is 0 Å². The molecule has 1 fully saturated rings. The number of carbonyl (C=O) groups excluding carboxylic acids is 1. The Balaban J connectivity index is 1.29. The fraction of sp³-hybridized carbons (Fsp3) is 0.320. The van der Waals surface area contributed by atoms with Crippen molar-refractivity contribution in [2.75, 3.05) is 25.1 Å². The molecule has 1 amide bonds. The van der Waals surface area contributed by atoms with Gasteiger partial charge in [-0.25, -0.2) is 0 Å². The summed E-state index contributed by atoms with van der Waals surface area (Å²) in [5, 5.41) is 11.9. The van der Waals surface area contributed by atoms with Crippen LogP contribution in [-0.4, -0.2) is 36.3 Å². The molecule has 0 aliphatic carbocycles. The number of aromatic nitrogens is 2. The van der Waals surface area contributed by atoms with Crippen LogP contribution in [0, 0.1) is 12.8 Å². The first-order valence-corrected chi connectivity index (χ1v) is 10.7. The van der Waals surface area contributed by atoms with Gasteiger partial charge in [0.2, 0.25) is 5.91 Å². The lowest BCUT2D eigenvalue weighted by Crippen LogP contribution is -2.40. The summed E-state index contributed by atoms with van der Waals surface area (Å²) in [6, 6.07) is 20.0. The monoisotopic (exact) mass is 416 g/mol. The molecule has 31 heavy (non-hydrogen) atoms. The summed E-state index contributed by atoms with van der Waals surface area (Å²) in [5.74, 6) is 1.84. The average molecular weight is 417 g/mol. The summed E-state index contributed by atoms with van der Waals surface area (Å²) < 4.78 is 5.17. The normalized spacial score (nSPS) is 14.3. The van der Waals surface area contributed by atoms with E-state index in [-0.39, 0.29) is 11.8 Å². The van der Waals surface area contributed by atoms with Gasteiger partial charge in [0.15, 0.2) is 5.82 Å². The van der Waals surface area contributed by atoms with E-state index in [2.05, 4.69) is 39.5 Å². The number of rotatable bonds is 6. The van der Waals surface area contributed by atoms with Crippen LogP contribution < -0.4 is 15.0 Å². The van der Waals surface area contributed by atoms with E-state index < -0.39 is 0 Å². The zero-order valence-corrected chi connectivity index (χ0v) is 18.0. The second-order valence-corrected chi connectivity index (χ2v) is 7.92. The van der Waals surface area contributed by atoms with Gasteiger partial charge in [-0.1, -0.05) is 36.4 Å². The highest BCUT2D eigenvalue weighted by Gasteiger charge is 2.25. The van der Waals surface area contributed by atoms with Crippen LogP contribution in [-0.2, 0) is 11.3 Å². The molecule has 1 aliphatic heterocycles. The number of anilines is 1. The number of ether oxygens (including phenoxy) is 1. The summed E-state index contributed by atoms with van der Waals surface area (Å²) in [6.45, 7) is 4.22. The van der Waals surface area contributed by atoms with Gasteiger partial charge in [-0.15, -0.1) is 10.2 Å². The molecule has 1 saturated heterocycles. The van der Waals surface area contributed by atoms with E-state index in [1.165, 1.54) is 5.56 Å². The Kier molecular flexibility index (Phi) is 6.46. The molecule has 6 nitrogen and oxygen atoms in total. The lowest BCUT2D eigenvalue weighted by molar-refractivity contribution is -0.125. The number of carbonyl (C=O) groups is 1. The quantitative estimate of drug-likeness (QED) is 0.658. The van der Waals surface area contributed by atoms with Gasteiger partial charge in [-0.3, -0.25) is 4.79 Å². The molecular weight excluding hydrogens is 388 g/mol. The van der Waals surface area contributed by atoms with Crippen molar-refractivity contribution in [3.8, 4) is 17.0 Å². The van der Waals surface area contributed by atoms with Gasteiger partial charge >= 0.3 is 0 Å². The summed E-state index contributed by atoms with van der Waals surface area (Å²) in [6.07, 6.45) is 1.63. The smallest absolute Gasteiger partial charge is 0.223 e. The minimum absolute atomic E-state index is 0.0358. The molecule has 6 heteroatoms. The summed E-state index contributed by atoms with van der Waals surface area (Å²) in [4.78, 5) is 14.8. The molecular formula is C25H28N4O2. The first kappa shape index (κ1) is 20.8. The molecule has 0 spiro atoms. The first-order valence-electron chi connectivity index (χ1n) is 10.7. The van der Waals surface area contributed by atoms with Crippen molar-refractivity contribution in [2.24, 2.45) is 5.92 Å². The predicted octanol–water partition coefficient (Wildman–Crippen LogP) is 3.99. The molecule has 0 atom stereocenters. The summed E-state index contributed by atoms with van der Waals surface area (Å²) in [5.41, 5.74) is 4.24. The van der Waals surface area contributed by atoms with Crippen LogP contribution in [0.1, 0.15) is 24.0 Å². The maximum absolute atomic E-state index is 12.6. The van der Waals surface area contributed by atoms with Gasteiger partial charge in [-0.2, -0.15) is 0 Å². The topological polar surface area (TPSA) is 67.3 Å². The molecule has 0 bridgehead atoms. The van der Waals surface area contributed by atoms with E-state index in [1.54, 1.807) is 7.11 Å². The number of aryl methyl sites for hydroxylation is 1. The second-order valence-electron chi connectivity index (χ2n) is 7.92. The Morgan fingerprint density at radius 2 is 1.77 bits per heavy atom. The van der Waals surface area contributed by atoms with Crippen LogP contribution in [0.15, 0.2) is 60.7 Å². The number of hydrogen-bond donors (Lipinski definition) is 1. The average Bonchev–Trinajstić information content (AvgIpc) is 2.83. The van der Waals surface area contributed by atoms with Gasteiger partial charge in [0.1, 0.15) is 5.75 Å². The maximum Gasteiger partial charge on any atom is 0.223 e. The molecule has 160 valence electrons. The molecule has 2 aromatic carbocycles. The lowest BCUT2D eigenvalue weighted by atomic mass is 9.95. The Morgan fingerprint density at radius 1 is 1.03 bits per heavy atom. The minimum Gasteiger partial charge on any atom is -0.497 e. The van der Waals surface area contributed by atoms with Gasteiger partial charge in [0.25, 0.3) is 0 Å². The molecule has 3 aromatic rings. The largest absolute Gasteiger partial charge is 0.497 e. The molecule has 0 saturated carbocycles. The Bertz CT molecular complexity index is 1010. The molecule has 2 heterocycles. The fourth-order valence-electron chi connectivity index (χ4n) is 3.95. The molecule has 1 aromatic heterocycles. The molecule has 0 unspecified atom stereocenters. The van der Waals surface area contributed by atoms with E-state index in [9.17, 15) is 4.79 Å². The van der Waals surface area contributed by atoms with E-state index in [1.807, 2.05) is 48.5 Å². The third kappa shape index (κ3) is 5.02. The first-order chi connectivity index (χ1) is 15.1. The van der Waals surface area contributed by atoms with Gasteiger partial charge in [0, 0.05) is 31.1 Å². The number of hydrogen-bond acceptors (Lipinski definition) is 5. The van der Waals surface area contributed by atoms with Crippen LogP contribution in [0.5, 0.6) is 5.75 Å².